The van der Waals surface area contributed by atoms with Crippen LogP contribution >= 0.6 is 11.6 Å². The van der Waals surface area contributed by atoms with Crippen LogP contribution in [0, 0.1) is 17.8 Å². The summed E-state index contributed by atoms with van der Waals surface area (Å²) in [5.41, 5.74) is 1.77. The number of carbonyl (C=O) groups excluding carboxylic acids is 5. The second-order valence-electron chi connectivity index (χ2n) is 8.91. The van der Waals surface area contributed by atoms with E-state index in [1.807, 2.05) is 0 Å². The lowest BCUT2D eigenvalue weighted by molar-refractivity contribution is -0.137. The molecule has 5 rings (SSSR count). The van der Waals surface area contributed by atoms with Gasteiger partial charge in [-0.2, -0.15) is 4.90 Å². The van der Waals surface area contributed by atoms with Gasteiger partial charge in [0.05, 0.1) is 18.9 Å². The fraction of sp³-hybridized carbons (Fsp3) is 0.320. The highest BCUT2D eigenvalue weighted by Crippen LogP contribution is 2.56. The summed E-state index contributed by atoms with van der Waals surface area (Å²) in [4.78, 5) is 65.1. The summed E-state index contributed by atoms with van der Waals surface area (Å²) in [5.74, 6) is -5.19. The monoisotopic (exact) mass is 481 g/mol. The largest absolute Gasteiger partial charge is 0.508 e. The van der Waals surface area contributed by atoms with Crippen LogP contribution in [0.1, 0.15) is 31.2 Å². The van der Waals surface area contributed by atoms with Crippen LogP contribution in [0.5, 0.6) is 5.75 Å². The minimum Gasteiger partial charge on any atom is -0.508 e. The number of imide groups is 3. The molecule has 0 saturated carbocycles. The molecule has 34 heavy (non-hydrogen) atoms. The van der Waals surface area contributed by atoms with E-state index in [1.54, 1.807) is 13.0 Å². The maximum atomic E-state index is 13.3. The zero-order chi connectivity index (χ0) is 24.5. The lowest BCUT2D eigenvalue weighted by Gasteiger charge is -2.42. The number of amides is 3. The van der Waals surface area contributed by atoms with Crippen molar-refractivity contribution in [2.24, 2.45) is 17.8 Å². The van der Waals surface area contributed by atoms with Gasteiger partial charge in [0.25, 0.3) is 0 Å². The van der Waals surface area contributed by atoms with Crippen molar-refractivity contribution in [3.63, 3.8) is 0 Å². The molecule has 0 aromatic heterocycles. The van der Waals surface area contributed by atoms with Crippen LogP contribution in [0.2, 0.25) is 5.02 Å². The summed E-state index contributed by atoms with van der Waals surface area (Å²) < 4.78 is 4.63. The number of likely N-dealkylation sites (tertiary alicyclic amines) is 1. The number of ether oxygens (including phenoxy) is 1. The number of carbonyl (C=O) groups is 5. The summed E-state index contributed by atoms with van der Waals surface area (Å²) in [7, 11) is 1.09. The Balaban J connectivity index is 1.70. The molecule has 1 heterocycles. The zero-order valence-corrected chi connectivity index (χ0v) is 19.1. The van der Waals surface area contributed by atoms with Crippen LogP contribution in [0.3, 0.4) is 0 Å². The molecule has 3 amide bonds. The molecule has 174 valence electrons. The van der Waals surface area contributed by atoms with E-state index in [-0.39, 0.29) is 46.9 Å². The molecule has 1 fully saturated rings. The minimum atomic E-state index is -1.05. The van der Waals surface area contributed by atoms with E-state index >= 15 is 0 Å². The quantitative estimate of drug-likeness (QED) is 0.371. The van der Waals surface area contributed by atoms with Gasteiger partial charge in [0.2, 0.25) is 11.8 Å². The first-order valence-electron chi connectivity index (χ1n) is 10.8. The van der Waals surface area contributed by atoms with Gasteiger partial charge in [-0.05, 0) is 50.0 Å². The second kappa shape index (κ2) is 7.77. The van der Waals surface area contributed by atoms with E-state index in [4.69, 9.17) is 11.6 Å². The predicted molar refractivity (Wildman–Crippen MR) is 119 cm³/mol. The van der Waals surface area contributed by atoms with E-state index in [9.17, 15) is 29.1 Å². The fourth-order valence-electron chi connectivity index (χ4n) is 5.77. The molecule has 4 aliphatic rings. The molecular weight excluding hydrogens is 462 g/mol. The van der Waals surface area contributed by atoms with E-state index in [0.29, 0.717) is 21.1 Å². The van der Waals surface area contributed by atoms with Gasteiger partial charge in [-0.1, -0.05) is 23.3 Å². The van der Waals surface area contributed by atoms with E-state index < -0.39 is 41.6 Å². The van der Waals surface area contributed by atoms with Crippen LogP contribution in [-0.4, -0.2) is 46.6 Å². The Morgan fingerprint density at radius 2 is 1.88 bits per heavy atom. The Morgan fingerprint density at radius 3 is 2.59 bits per heavy atom. The van der Waals surface area contributed by atoms with Gasteiger partial charge >= 0.3 is 6.09 Å². The number of Topliss-reactive ketones (excluding diaryl/α,β-unsaturated/α-hetero) is 1. The maximum absolute atomic E-state index is 13.3. The number of ketones is 2. The number of nitrogens with zero attached hydrogens (tertiary/aromatic N) is 1. The first-order valence-corrected chi connectivity index (χ1v) is 11.2. The Bertz CT molecular complexity index is 1300. The third kappa shape index (κ3) is 3.01. The van der Waals surface area contributed by atoms with Gasteiger partial charge < -0.3 is 9.84 Å². The number of halogens is 1. The number of phenolic OH excluding ortho intramolecular Hbond substituents is 1. The highest BCUT2D eigenvalue weighted by Gasteiger charge is 2.58. The number of aromatic hydroxyl groups is 1. The normalized spacial score (nSPS) is 28.3. The van der Waals surface area contributed by atoms with Crippen molar-refractivity contribution >= 4 is 41.1 Å². The van der Waals surface area contributed by atoms with Gasteiger partial charge in [0.15, 0.2) is 11.6 Å². The molecule has 9 heteroatoms. The van der Waals surface area contributed by atoms with Gasteiger partial charge in [-0.3, -0.25) is 19.2 Å². The molecule has 8 nitrogen and oxygen atoms in total. The molecule has 1 aliphatic heterocycles. The topological polar surface area (TPSA) is 118 Å². The average Bonchev–Trinajstić information content (AvgIpc) is 3.07. The van der Waals surface area contributed by atoms with Crippen molar-refractivity contribution < 1.29 is 33.8 Å². The second-order valence-corrected chi connectivity index (χ2v) is 9.35. The van der Waals surface area contributed by atoms with Crippen molar-refractivity contribution in [1.29, 1.82) is 0 Å². The number of benzene rings is 1. The number of methoxy groups -OCH3 is 1. The lowest BCUT2D eigenvalue weighted by atomic mass is 9.59. The molecule has 3 aliphatic carbocycles. The first-order chi connectivity index (χ1) is 16.1. The van der Waals surface area contributed by atoms with Crippen LogP contribution in [0.15, 0.2) is 52.6 Å². The fourth-order valence-corrected chi connectivity index (χ4v) is 5.95. The van der Waals surface area contributed by atoms with Crippen LogP contribution in [0.4, 0.5) is 4.79 Å². The molecule has 0 bridgehead atoms. The van der Waals surface area contributed by atoms with E-state index in [1.165, 1.54) is 24.3 Å². The van der Waals surface area contributed by atoms with Crippen molar-refractivity contribution in [1.82, 2.24) is 4.90 Å². The van der Waals surface area contributed by atoms with E-state index in [0.717, 1.165) is 7.11 Å². The standard InChI is InChI=1S/C25H20ClNO7/c1-10-7-18(29)21-16(22(10)30)9-14-12(19(21)15-8-11(26)3-6-17(15)28)4-5-13-20(14)24(32)27(23(13)31)25(33)34-2/h3-4,6-8,13-14,19-20,28H,5,9H2,1-2H3/t13-,14+,19+,20-/m0/s1. The van der Waals surface area contributed by atoms with Crippen molar-refractivity contribution in [2.75, 3.05) is 7.11 Å². The zero-order valence-electron chi connectivity index (χ0n) is 18.3. The Kier molecular flexibility index (Phi) is 5.09. The highest BCUT2D eigenvalue weighted by molar-refractivity contribution is 6.30. The number of hydrogen-bond acceptors (Lipinski definition) is 7. The predicted octanol–water partition coefficient (Wildman–Crippen LogP) is 3.24. The lowest BCUT2D eigenvalue weighted by Crippen LogP contribution is -2.40. The van der Waals surface area contributed by atoms with Crippen molar-refractivity contribution in [3.05, 3.63) is 63.2 Å². The molecule has 1 aromatic carbocycles. The number of hydrogen-bond donors (Lipinski definition) is 1. The molecule has 1 aromatic rings. The molecule has 4 atom stereocenters. The minimum absolute atomic E-state index is 0.0734. The van der Waals surface area contributed by atoms with Crippen molar-refractivity contribution in [2.45, 2.75) is 25.7 Å². The average molecular weight is 482 g/mol. The Labute approximate surface area is 199 Å². The van der Waals surface area contributed by atoms with Crippen LogP contribution in [-0.2, 0) is 23.9 Å². The number of fused-ring (bicyclic) bond motifs is 3. The molecule has 0 unspecified atom stereocenters. The summed E-state index contributed by atoms with van der Waals surface area (Å²) in [6.45, 7) is 1.55. The number of allylic oxidation sites excluding steroid dienone is 6. The third-order valence-corrected chi connectivity index (χ3v) is 7.46. The SMILES string of the molecule is COC(=O)N1C(=O)[C@H]2[C@H](CC=C3[C@H](c4cc(Cl)ccc4O)C4=C(C[C@H]32)C(=O)C(C)=CC4=O)C1=O. The van der Waals surface area contributed by atoms with Crippen LogP contribution < -0.4 is 0 Å². The molecule has 0 radical (unpaired) electrons. The maximum Gasteiger partial charge on any atom is 0.423 e. The van der Waals surface area contributed by atoms with Gasteiger partial charge in [-0.25, -0.2) is 4.79 Å². The number of phenols is 1. The molecule has 1 saturated heterocycles. The molecule has 0 spiro atoms. The third-order valence-electron chi connectivity index (χ3n) is 7.22. The summed E-state index contributed by atoms with van der Waals surface area (Å²) in [5, 5.41) is 11.0. The van der Waals surface area contributed by atoms with Gasteiger partial charge in [0.1, 0.15) is 5.75 Å². The summed E-state index contributed by atoms with van der Waals surface area (Å²) in [6, 6.07) is 4.45. The van der Waals surface area contributed by atoms with Crippen LogP contribution in [0.25, 0.3) is 0 Å². The highest BCUT2D eigenvalue weighted by atomic mass is 35.5. The van der Waals surface area contributed by atoms with E-state index in [2.05, 4.69) is 4.74 Å². The van der Waals surface area contributed by atoms with Gasteiger partial charge in [0, 0.05) is 33.2 Å². The summed E-state index contributed by atoms with van der Waals surface area (Å²) >= 11 is 6.21. The Morgan fingerprint density at radius 1 is 1.15 bits per heavy atom. The smallest absolute Gasteiger partial charge is 0.423 e. The summed E-state index contributed by atoms with van der Waals surface area (Å²) in [6.07, 6.45) is 2.27. The van der Waals surface area contributed by atoms with Crippen molar-refractivity contribution in [3.8, 4) is 5.75 Å². The number of rotatable bonds is 1. The Hall–Kier alpha value is -3.52. The first kappa shape index (κ1) is 22.3. The molecular formula is C25H20ClNO7. The molecule has 1 N–H and O–H groups in total. The van der Waals surface area contributed by atoms with Gasteiger partial charge in [-0.15, -0.1) is 0 Å².